The predicted molar refractivity (Wildman–Crippen MR) is 109 cm³/mol. The van der Waals surface area contributed by atoms with Crippen LogP contribution < -0.4 is 0 Å². The molecule has 0 aromatic rings. The van der Waals surface area contributed by atoms with Crippen LogP contribution in [0.3, 0.4) is 0 Å². The second-order valence-electron chi connectivity index (χ2n) is 7.61. The van der Waals surface area contributed by atoms with Gasteiger partial charge in [0.15, 0.2) is 0 Å². The molecule has 0 unspecified atom stereocenters. The predicted octanol–water partition coefficient (Wildman–Crippen LogP) is 8.28. The summed E-state index contributed by atoms with van der Waals surface area (Å²) in [5.74, 6) is 0. The van der Waals surface area contributed by atoms with Crippen molar-refractivity contribution in [3.63, 3.8) is 0 Å². The summed E-state index contributed by atoms with van der Waals surface area (Å²) < 4.78 is 11.5. The fraction of sp³-hybridized carbons (Fsp3) is 1.00. The minimum atomic E-state index is -1.14. The first-order valence-corrected chi connectivity index (χ1v) is 14.4. The van der Waals surface area contributed by atoms with E-state index in [1.165, 1.54) is 128 Å². The molecule has 0 N–H and O–H groups in total. The summed E-state index contributed by atoms with van der Waals surface area (Å²) in [5, 5.41) is 0. The zero-order valence-electron chi connectivity index (χ0n) is 16.8. The molecule has 0 saturated carbocycles. The molecule has 1 nitrogen and oxygen atoms in total. The Morgan fingerprint density at radius 3 is 0.917 bits per heavy atom. The maximum atomic E-state index is 10.5. The molecule has 143 valence electrons. The van der Waals surface area contributed by atoms with E-state index in [1.807, 2.05) is 0 Å². The maximum absolute atomic E-state index is 10.5. The van der Waals surface area contributed by atoms with Crippen LogP contribution >= 0.6 is 0 Å². The van der Waals surface area contributed by atoms with E-state index in [9.17, 15) is 3.08 Å². The van der Waals surface area contributed by atoms with Crippen molar-refractivity contribution in [2.45, 2.75) is 140 Å². The average molecular weight is 444 g/mol. The first kappa shape index (κ1) is 24.6. The third-order valence-corrected chi connectivity index (χ3v) is 6.72. The summed E-state index contributed by atoms with van der Waals surface area (Å²) in [4.78, 5) is 0. The Labute approximate surface area is 163 Å². The zero-order chi connectivity index (χ0) is 17.6. The van der Waals surface area contributed by atoms with Crippen LogP contribution in [0.1, 0.15) is 135 Å². The zero-order valence-corrected chi connectivity index (χ0v) is 19.6. The van der Waals surface area contributed by atoms with Gasteiger partial charge in [0.05, 0.1) is 0 Å². The molecule has 0 spiro atoms. The van der Waals surface area contributed by atoms with Crippen LogP contribution in [0.2, 0.25) is 4.44 Å². The number of unbranched alkanes of at least 4 members (excludes halogenated alkanes) is 19. The molecule has 0 saturated heterocycles. The monoisotopic (exact) mass is 445 g/mol. The Balaban J connectivity index is 2.94. The van der Waals surface area contributed by atoms with Crippen LogP contribution in [0.5, 0.6) is 0 Å². The van der Waals surface area contributed by atoms with E-state index in [0.29, 0.717) is 0 Å². The van der Waals surface area contributed by atoms with Crippen LogP contribution in [0, 0.1) is 0 Å². The average Bonchev–Trinajstić information content (AvgIpc) is 2.60. The van der Waals surface area contributed by atoms with E-state index in [-0.39, 0.29) is 0 Å². The summed E-state index contributed by atoms with van der Waals surface area (Å²) in [6.07, 6.45) is 28.6. The summed E-state index contributed by atoms with van der Waals surface area (Å²) in [5.41, 5.74) is 0. The topological polar surface area (TPSA) is 17.1 Å². The van der Waals surface area contributed by atoms with Gasteiger partial charge in [-0.3, -0.25) is 0 Å². The molecule has 0 rings (SSSR count). The Kier molecular flexibility index (Phi) is 24.2. The molecule has 0 atom stereocenters. The van der Waals surface area contributed by atoms with E-state index >= 15 is 0 Å². The Morgan fingerprint density at radius 1 is 0.417 bits per heavy atom. The molecule has 0 aromatic carbocycles. The van der Waals surface area contributed by atoms with Crippen LogP contribution in [0.4, 0.5) is 0 Å². The Bertz CT molecular complexity index is 230. The SMILES string of the molecule is CCCCCCCCCCCCCCCCCCCCC[CH2][Sn]=[O]. The van der Waals surface area contributed by atoms with Crippen LogP contribution in [-0.4, -0.2) is 21.1 Å². The normalized spacial score (nSPS) is 11.0. The van der Waals surface area contributed by atoms with Gasteiger partial charge in [-0.15, -0.1) is 0 Å². The molecule has 0 aliphatic carbocycles. The second kappa shape index (κ2) is 23.6. The van der Waals surface area contributed by atoms with Crippen LogP contribution in [-0.2, 0) is 3.08 Å². The van der Waals surface area contributed by atoms with Crippen molar-refractivity contribution in [1.82, 2.24) is 0 Å². The summed E-state index contributed by atoms with van der Waals surface area (Å²) in [7, 11) is 0. The third-order valence-electron chi connectivity index (χ3n) is 5.13. The standard InChI is InChI=1S/C22H45.O.Sn/c1-3-5-7-9-11-13-15-17-19-21-22-20-18-16-14-12-10-8-6-4-2;;/h1,3-22H2,2H3;;. The molecule has 1 radical (unpaired) electrons. The van der Waals surface area contributed by atoms with Gasteiger partial charge in [0.25, 0.3) is 0 Å². The summed E-state index contributed by atoms with van der Waals surface area (Å²) >= 11 is -1.14. The summed E-state index contributed by atoms with van der Waals surface area (Å²) in [6, 6.07) is 0. The van der Waals surface area contributed by atoms with Crippen LogP contribution in [0.25, 0.3) is 0 Å². The molecule has 2 heteroatoms. The van der Waals surface area contributed by atoms with E-state index in [1.54, 1.807) is 0 Å². The minimum absolute atomic E-state index is 1.06. The van der Waals surface area contributed by atoms with E-state index in [0.717, 1.165) is 4.44 Å². The molecule has 0 amide bonds. The van der Waals surface area contributed by atoms with E-state index < -0.39 is 21.1 Å². The van der Waals surface area contributed by atoms with Gasteiger partial charge in [-0.05, 0) is 0 Å². The number of rotatable bonds is 21. The van der Waals surface area contributed by atoms with Gasteiger partial charge in [0.1, 0.15) is 0 Å². The van der Waals surface area contributed by atoms with Crippen molar-refractivity contribution in [3.8, 4) is 0 Å². The van der Waals surface area contributed by atoms with Crippen molar-refractivity contribution >= 4 is 21.1 Å². The molecule has 24 heavy (non-hydrogen) atoms. The van der Waals surface area contributed by atoms with Gasteiger partial charge >= 0.3 is 99.3 Å². The van der Waals surface area contributed by atoms with Gasteiger partial charge in [-0.2, -0.15) is 0 Å². The van der Waals surface area contributed by atoms with Crippen molar-refractivity contribution in [2.24, 2.45) is 0 Å². The first-order valence-electron chi connectivity index (χ1n) is 11.3. The molecule has 0 bridgehead atoms. The van der Waals surface area contributed by atoms with Gasteiger partial charge in [0.2, 0.25) is 0 Å². The fourth-order valence-electron chi connectivity index (χ4n) is 3.45. The van der Waals surface area contributed by atoms with Crippen LogP contribution in [0.15, 0.2) is 0 Å². The van der Waals surface area contributed by atoms with Gasteiger partial charge in [-0.1, -0.05) is 64.7 Å². The quantitative estimate of drug-likeness (QED) is 0.129. The molecule has 0 aromatic heterocycles. The van der Waals surface area contributed by atoms with E-state index in [2.05, 4.69) is 6.92 Å². The van der Waals surface area contributed by atoms with Gasteiger partial charge in [0, 0.05) is 0 Å². The van der Waals surface area contributed by atoms with Gasteiger partial charge in [-0.25, -0.2) is 0 Å². The second-order valence-corrected chi connectivity index (χ2v) is 9.86. The molecule has 0 fully saturated rings. The summed E-state index contributed by atoms with van der Waals surface area (Å²) in [6.45, 7) is 2.29. The van der Waals surface area contributed by atoms with Crippen molar-refractivity contribution in [2.75, 3.05) is 0 Å². The third kappa shape index (κ3) is 22.6. The number of hydrogen-bond donors (Lipinski definition) is 0. The van der Waals surface area contributed by atoms with Gasteiger partial charge < -0.3 is 0 Å². The van der Waals surface area contributed by atoms with E-state index in [4.69, 9.17) is 0 Å². The number of hydrogen-bond acceptors (Lipinski definition) is 1. The molecule has 0 aliphatic heterocycles. The van der Waals surface area contributed by atoms with Crippen molar-refractivity contribution in [3.05, 3.63) is 0 Å². The molecular formula is C22H45OSn. The fourth-order valence-corrected chi connectivity index (χ4v) is 4.58. The molecular weight excluding hydrogens is 399 g/mol. The van der Waals surface area contributed by atoms with Crippen molar-refractivity contribution < 1.29 is 3.08 Å². The molecule has 0 heterocycles. The van der Waals surface area contributed by atoms with Crippen molar-refractivity contribution in [1.29, 1.82) is 0 Å². The Morgan fingerprint density at radius 2 is 0.667 bits per heavy atom. The Hall–Kier alpha value is 0.599. The molecule has 0 aliphatic rings. The first-order chi connectivity index (χ1) is 11.9.